The van der Waals surface area contributed by atoms with Crippen molar-refractivity contribution in [2.75, 3.05) is 34.4 Å². The van der Waals surface area contributed by atoms with Gasteiger partial charge in [-0.2, -0.15) is 0 Å². The number of imide groups is 1. The SMILES string of the molecule is COc1ccc(OC)c(C(=O)COC(=O)CN2C(=O)N(C)C3(CCCCC3)C2=O)c1. The van der Waals surface area contributed by atoms with E-state index in [4.69, 9.17) is 14.2 Å². The molecule has 3 amide bonds. The molecule has 0 N–H and O–H groups in total. The molecule has 1 heterocycles. The maximum atomic E-state index is 12.9. The maximum absolute atomic E-state index is 12.9. The summed E-state index contributed by atoms with van der Waals surface area (Å²) in [5.74, 6) is -0.901. The molecule has 162 valence electrons. The third-order valence-corrected chi connectivity index (χ3v) is 5.84. The average Bonchev–Trinajstić information content (AvgIpc) is 2.93. The third-order valence-electron chi connectivity index (χ3n) is 5.84. The largest absolute Gasteiger partial charge is 0.497 e. The van der Waals surface area contributed by atoms with Gasteiger partial charge in [0.1, 0.15) is 23.6 Å². The third kappa shape index (κ3) is 3.83. The van der Waals surface area contributed by atoms with E-state index in [9.17, 15) is 19.2 Å². The zero-order valence-corrected chi connectivity index (χ0v) is 17.4. The van der Waals surface area contributed by atoms with E-state index in [1.54, 1.807) is 19.2 Å². The number of hydrogen-bond donors (Lipinski definition) is 0. The number of likely N-dealkylation sites (N-methyl/N-ethyl adjacent to an activating group) is 1. The van der Waals surface area contributed by atoms with E-state index < -0.39 is 36.5 Å². The Bertz CT molecular complexity index is 861. The quantitative estimate of drug-likeness (QED) is 0.379. The normalized spacial score (nSPS) is 18.0. The lowest BCUT2D eigenvalue weighted by molar-refractivity contribution is -0.147. The van der Waals surface area contributed by atoms with Crippen molar-refractivity contribution in [2.24, 2.45) is 0 Å². The highest BCUT2D eigenvalue weighted by molar-refractivity contribution is 6.08. The van der Waals surface area contributed by atoms with Gasteiger partial charge in [-0.3, -0.25) is 19.3 Å². The lowest BCUT2D eigenvalue weighted by atomic mass is 9.81. The van der Waals surface area contributed by atoms with Crippen LogP contribution in [0.1, 0.15) is 42.5 Å². The fraction of sp³-hybridized carbons (Fsp3) is 0.524. The van der Waals surface area contributed by atoms with Crippen LogP contribution in [0.5, 0.6) is 11.5 Å². The smallest absolute Gasteiger partial charge is 0.327 e. The fourth-order valence-corrected chi connectivity index (χ4v) is 4.10. The summed E-state index contributed by atoms with van der Waals surface area (Å²) in [6, 6.07) is 4.20. The number of urea groups is 1. The fourth-order valence-electron chi connectivity index (χ4n) is 4.10. The van der Waals surface area contributed by atoms with Gasteiger partial charge >= 0.3 is 12.0 Å². The number of amides is 3. The second-order valence-corrected chi connectivity index (χ2v) is 7.48. The van der Waals surface area contributed by atoms with Crippen molar-refractivity contribution in [3.05, 3.63) is 23.8 Å². The lowest BCUT2D eigenvalue weighted by Crippen LogP contribution is -2.49. The Morgan fingerprint density at radius 3 is 2.40 bits per heavy atom. The van der Waals surface area contributed by atoms with Gasteiger partial charge in [0.2, 0.25) is 5.78 Å². The van der Waals surface area contributed by atoms with Crippen LogP contribution < -0.4 is 9.47 Å². The molecule has 9 heteroatoms. The molecule has 1 aromatic carbocycles. The Kier molecular flexibility index (Phi) is 6.28. The molecule has 2 aliphatic rings. The first kappa shape index (κ1) is 21.6. The summed E-state index contributed by atoms with van der Waals surface area (Å²) in [4.78, 5) is 52.6. The van der Waals surface area contributed by atoms with E-state index >= 15 is 0 Å². The first-order valence-corrected chi connectivity index (χ1v) is 9.84. The topological polar surface area (TPSA) is 102 Å². The van der Waals surface area contributed by atoms with E-state index in [2.05, 4.69) is 0 Å². The summed E-state index contributed by atoms with van der Waals surface area (Å²) in [7, 11) is 4.48. The van der Waals surface area contributed by atoms with Crippen LogP contribution in [0, 0.1) is 0 Å². The van der Waals surface area contributed by atoms with Crippen molar-refractivity contribution >= 4 is 23.7 Å². The summed E-state index contributed by atoms with van der Waals surface area (Å²) in [6.07, 6.45) is 3.92. The van der Waals surface area contributed by atoms with E-state index in [1.807, 2.05) is 0 Å². The number of hydrogen-bond acceptors (Lipinski definition) is 7. The van der Waals surface area contributed by atoms with E-state index in [0.717, 1.165) is 24.2 Å². The molecule has 1 aliphatic carbocycles. The molecule has 30 heavy (non-hydrogen) atoms. The monoisotopic (exact) mass is 418 g/mol. The molecular weight excluding hydrogens is 392 g/mol. The van der Waals surface area contributed by atoms with Gasteiger partial charge in [0, 0.05) is 7.05 Å². The van der Waals surface area contributed by atoms with Gasteiger partial charge in [-0.25, -0.2) is 4.79 Å². The number of esters is 1. The molecule has 0 bridgehead atoms. The molecule has 2 fully saturated rings. The molecule has 1 aromatic rings. The van der Waals surface area contributed by atoms with Crippen LogP contribution in [0.4, 0.5) is 4.79 Å². The van der Waals surface area contributed by atoms with Crippen molar-refractivity contribution in [1.29, 1.82) is 0 Å². The van der Waals surface area contributed by atoms with Crippen LogP contribution in [0.25, 0.3) is 0 Å². The molecule has 0 radical (unpaired) electrons. The Hall–Kier alpha value is -3.10. The maximum Gasteiger partial charge on any atom is 0.327 e. The molecule has 1 aliphatic heterocycles. The van der Waals surface area contributed by atoms with Gasteiger partial charge in [-0.1, -0.05) is 19.3 Å². The standard InChI is InChI=1S/C21H26N2O7/c1-22-20(27)23(19(26)21(22)9-5-4-6-10-21)12-18(25)30-13-16(24)15-11-14(28-2)7-8-17(15)29-3/h7-8,11H,4-6,9-10,12-13H2,1-3H3. The predicted octanol–water partition coefficient (Wildman–Crippen LogP) is 2.03. The van der Waals surface area contributed by atoms with Gasteiger partial charge < -0.3 is 19.1 Å². The number of benzene rings is 1. The second kappa shape index (κ2) is 8.73. The molecule has 9 nitrogen and oxygen atoms in total. The van der Waals surface area contributed by atoms with E-state index in [1.165, 1.54) is 25.2 Å². The van der Waals surface area contributed by atoms with Gasteiger partial charge in [0.05, 0.1) is 19.8 Å². The summed E-state index contributed by atoms with van der Waals surface area (Å²) in [6.45, 7) is -1.06. The minimum Gasteiger partial charge on any atom is -0.497 e. The number of rotatable bonds is 7. The van der Waals surface area contributed by atoms with Crippen molar-refractivity contribution in [3.63, 3.8) is 0 Å². The first-order chi connectivity index (χ1) is 14.3. The van der Waals surface area contributed by atoms with Crippen LogP contribution in [0.15, 0.2) is 18.2 Å². The first-order valence-electron chi connectivity index (χ1n) is 9.84. The van der Waals surface area contributed by atoms with Gasteiger partial charge in [-0.15, -0.1) is 0 Å². The summed E-state index contributed by atoms with van der Waals surface area (Å²) < 4.78 is 15.3. The minimum atomic E-state index is -0.862. The number of carbonyl (C=O) groups excluding carboxylic acids is 4. The summed E-state index contributed by atoms with van der Waals surface area (Å²) >= 11 is 0. The number of carbonyl (C=O) groups is 4. The van der Waals surface area contributed by atoms with Crippen molar-refractivity contribution in [3.8, 4) is 11.5 Å². The molecule has 0 unspecified atom stereocenters. The van der Waals surface area contributed by atoms with Crippen LogP contribution in [0.3, 0.4) is 0 Å². The molecule has 0 atom stereocenters. The zero-order valence-electron chi connectivity index (χ0n) is 17.4. The Morgan fingerprint density at radius 1 is 1.07 bits per heavy atom. The van der Waals surface area contributed by atoms with Gasteiger partial charge in [-0.05, 0) is 31.0 Å². The second-order valence-electron chi connectivity index (χ2n) is 7.48. The van der Waals surface area contributed by atoms with Crippen molar-refractivity contribution in [2.45, 2.75) is 37.6 Å². The average molecular weight is 418 g/mol. The molecular formula is C21H26N2O7. The van der Waals surface area contributed by atoms with Crippen molar-refractivity contribution in [1.82, 2.24) is 9.80 Å². The highest BCUT2D eigenvalue weighted by Gasteiger charge is 2.55. The molecule has 3 rings (SSSR count). The number of methoxy groups -OCH3 is 2. The molecule has 1 saturated heterocycles. The van der Waals surface area contributed by atoms with Crippen LogP contribution >= 0.6 is 0 Å². The highest BCUT2D eigenvalue weighted by atomic mass is 16.5. The summed E-state index contributed by atoms with van der Waals surface area (Å²) in [5.41, 5.74) is -0.654. The predicted molar refractivity (Wildman–Crippen MR) is 106 cm³/mol. The van der Waals surface area contributed by atoms with Crippen LogP contribution in [-0.4, -0.2) is 73.4 Å². The zero-order chi connectivity index (χ0) is 21.9. The Labute approximate surface area is 174 Å². The molecule has 1 saturated carbocycles. The number of ketones is 1. The van der Waals surface area contributed by atoms with Crippen LogP contribution in [-0.2, 0) is 14.3 Å². The molecule has 0 aromatic heterocycles. The Balaban J connectivity index is 1.63. The van der Waals surface area contributed by atoms with Crippen molar-refractivity contribution < 1.29 is 33.4 Å². The van der Waals surface area contributed by atoms with Gasteiger partial charge in [0.15, 0.2) is 6.61 Å². The molecule has 1 spiro atoms. The number of ether oxygens (including phenoxy) is 3. The minimum absolute atomic E-state index is 0.207. The van der Waals surface area contributed by atoms with Crippen LogP contribution in [0.2, 0.25) is 0 Å². The lowest BCUT2D eigenvalue weighted by Gasteiger charge is -2.35. The number of nitrogens with zero attached hydrogens (tertiary/aromatic N) is 2. The van der Waals surface area contributed by atoms with Gasteiger partial charge in [0.25, 0.3) is 5.91 Å². The van der Waals surface area contributed by atoms with E-state index in [0.29, 0.717) is 24.3 Å². The Morgan fingerprint density at radius 2 is 1.77 bits per heavy atom. The number of Topliss-reactive ketones (excluding diaryl/α,β-unsaturated/α-hetero) is 1. The van der Waals surface area contributed by atoms with E-state index in [-0.39, 0.29) is 11.5 Å². The highest BCUT2D eigenvalue weighted by Crippen LogP contribution is 2.39. The summed E-state index contributed by atoms with van der Waals surface area (Å²) in [5, 5.41) is 0.